The Morgan fingerprint density at radius 2 is 2.24 bits per heavy atom. The van der Waals surface area contributed by atoms with Crippen molar-refractivity contribution < 1.29 is 14.4 Å². The van der Waals surface area contributed by atoms with E-state index in [0.717, 1.165) is 32.3 Å². The van der Waals surface area contributed by atoms with Crippen molar-refractivity contribution in [2.75, 3.05) is 6.61 Å². The molecule has 0 aromatic heterocycles. The average molecular weight is 241 g/mol. The highest BCUT2D eigenvalue weighted by Crippen LogP contribution is 2.33. The smallest absolute Gasteiger partial charge is 0.251 e. The fraction of sp³-hybridized carbons (Fsp3) is 0.923. The Kier molecular flexibility index (Phi) is 4.05. The summed E-state index contributed by atoms with van der Waals surface area (Å²) >= 11 is 0. The lowest BCUT2D eigenvalue weighted by Crippen LogP contribution is -2.60. The number of β-lactam (4-membered cyclic amide) rings is 1. The van der Waals surface area contributed by atoms with Crippen LogP contribution in [0.4, 0.5) is 0 Å². The highest BCUT2D eigenvalue weighted by molar-refractivity contribution is 5.84. The molecule has 0 radical (unpaired) electrons. The quantitative estimate of drug-likeness (QED) is 0.709. The van der Waals surface area contributed by atoms with Crippen molar-refractivity contribution in [2.45, 2.75) is 58.8 Å². The summed E-state index contributed by atoms with van der Waals surface area (Å²) in [5, 5.41) is 1.52. The number of hydrogen-bond donors (Lipinski definition) is 0. The number of carbonyl (C=O) groups is 1. The first-order valence-electron chi connectivity index (χ1n) is 6.71. The first kappa shape index (κ1) is 12.8. The molecule has 0 aliphatic carbocycles. The number of nitrogens with zero attached hydrogens (tertiary/aromatic N) is 1. The number of carbonyl (C=O) groups excluding carboxylic acids is 1. The highest BCUT2D eigenvalue weighted by Gasteiger charge is 2.46. The van der Waals surface area contributed by atoms with E-state index in [2.05, 4.69) is 20.8 Å². The van der Waals surface area contributed by atoms with E-state index in [-0.39, 0.29) is 24.2 Å². The Hall–Kier alpha value is -0.610. The van der Waals surface area contributed by atoms with Crippen molar-refractivity contribution in [1.29, 1.82) is 0 Å². The lowest BCUT2D eigenvalue weighted by atomic mass is 9.84. The second-order valence-corrected chi connectivity index (χ2v) is 5.54. The summed E-state index contributed by atoms with van der Waals surface area (Å²) in [7, 11) is 0. The van der Waals surface area contributed by atoms with E-state index in [1.54, 1.807) is 0 Å². The first-order chi connectivity index (χ1) is 8.09. The van der Waals surface area contributed by atoms with Crippen LogP contribution in [0.5, 0.6) is 0 Å². The Morgan fingerprint density at radius 3 is 2.76 bits per heavy atom. The minimum Gasteiger partial charge on any atom is -0.350 e. The number of hydrogen-bond acceptors (Lipinski definition) is 3. The molecule has 0 bridgehead atoms. The summed E-state index contributed by atoms with van der Waals surface area (Å²) in [5.74, 6) is 0.818. The molecule has 2 rings (SSSR count). The van der Waals surface area contributed by atoms with Gasteiger partial charge in [-0.25, -0.2) is 9.90 Å². The van der Waals surface area contributed by atoms with Crippen LogP contribution in [0.15, 0.2) is 0 Å². The summed E-state index contributed by atoms with van der Waals surface area (Å²) in [4.78, 5) is 17.6. The summed E-state index contributed by atoms with van der Waals surface area (Å²) < 4.78 is 5.48. The topological polar surface area (TPSA) is 38.8 Å². The maximum atomic E-state index is 11.9. The van der Waals surface area contributed by atoms with Crippen molar-refractivity contribution in [3.05, 3.63) is 0 Å². The van der Waals surface area contributed by atoms with Crippen LogP contribution < -0.4 is 0 Å². The zero-order chi connectivity index (χ0) is 12.4. The summed E-state index contributed by atoms with van der Waals surface area (Å²) in [6.07, 6.45) is 3.85. The van der Waals surface area contributed by atoms with Gasteiger partial charge in [-0.2, -0.15) is 0 Å². The molecule has 2 aliphatic rings. The van der Waals surface area contributed by atoms with Gasteiger partial charge < -0.3 is 4.74 Å². The van der Waals surface area contributed by atoms with Crippen LogP contribution in [0.3, 0.4) is 0 Å². The summed E-state index contributed by atoms with van der Waals surface area (Å²) in [6, 6.07) is 0.190. The molecule has 2 saturated heterocycles. The van der Waals surface area contributed by atoms with E-state index in [1.165, 1.54) is 5.06 Å². The minimum absolute atomic E-state index is 0.125. The van der Waals surface area contributed by atoms with Gasteiger partial charge in [-0.3, -0.25) is 4.79 Å². The van der Waals surface area contributed by atoms with Gasteiger partial charge in [0.1, 0.15) is 0 Å². The molecule has 1 amide bonds. The van der Waals surface area contributed by atoms with Gasteiger partial charge in [0.2, 0.25) is 0 Å². The fourth-order valence-electron chi connectivity index (χ4n) is 2.53. The van der Waals surface area contributed by atoms with Gasteiger partial charge in [0, 0.05) is 13.0 Å². The molecule has 98 valence electrons. The van der Waals surface area contributed by atoms with E-state index >= 15 is 0 Å². The van der Waals surface area contributed by atoms with Crippen molar-refractivity contribution in [3.63, 3.8) is 0 Å². The van der Waals surface area contributed by atoms with Gasteiger partial charge >= 0.3 is 0 Å². The molecule has 2 aliphatic heterocycles. The zero-order valence-electron chi connectivity index (χ0n) is 11.0. The normalized spacial score (nSPS) is 34.0. The van der Waals surface area contributed by atoms with E-state index in [0.29, 0.717) is 5.92 Å². The number of rotatable bonds is 4. The van der Waals surface area contributed by atoms with Crippen LogP contribution in [0, 0.1) is 11.8 Å². The highest BCUT2D eigenvalue weighted by atomic mass is 16.8. The number of hydroxylamine groups is 2. The fourth-order valence-corrected chi connectivity index (χ4v) is 2.53. The van der Waals surface area contributed by atoms with E-state index < -0.39 is 0 Å². The largest absolute Gasteiger partial charge is 0.350 e. The number of amides is 1. The van der Waals surface area contributed by atoms with Crippen LogP contribution in [0.2, 0.25) is 0 Å². The van der Waals surface area contributed by atoms with E-state index in [4.69, 9.17) is 9.57 Å². The molecule has 4 heteroatoms. The summed E-state index contributed by atoms with van der Waals surface area (Å²) in [5.41, 5.74) is 0. The van der Waals surface area contributed by atoms with Crippen LogP contribution >= 0.6 is 0 Å². The monoisotopic (exact) mass is 241 g/mol. The lowest BCUT2D eigenvalue weighted by molar-refractivity contribution is -0.317. The molecule has 0 aromatic rings. The second-order valence-electron chi connectivity index (χ2n) is 5.54. The van der Waals surface area contributed by atoms with Gasteiger partial charge in [-0.1, -0.05) is 13.8 Å². The molecule has 4 nitrogen and oxygen atoms in total. The van der Waals surface area contributed by atoms with Crippen LogP contribution in [0.25, 0.3) is 0 Å². The molecule has 0 N–H and O–H groups in total. The van der Waals surface area contributed by atoms with Crippen LogP contribution in [-0.4, -0.2) is 29.9 Å². The second kappa shape index (κ2) is 5.36. The SMILES string of the molecule is CC(C)C[C@H]1C(=O)N(OC2CCCCO2)[C@@H]1C. The van der Waals surface area contributed by atoms with Crippen LogP contribution in [0.1, 0.15) is 46.5 Å². The lowest BCUT2D eigenvalue weighted by Gasteiger charge is -2.46. The Balaban J connectivity index is 1.81. The third-order valence-electron chi connectivity index (χ3n) is 3.58. The van der Waals surface area contributed by atoms with Crippen molar-refractivity contribution in [2.24, 2.45) is 11.8 Å². The van der Waals surface area contributed by atoms with Crippen molar-refractivity contribution in [3.8, 4) is 0 Å². The van der Waals surface area contributed by atoms with E-state index in [9.17, 15) is 4.79 Å². The van der Waals surface area contributed by atoms with Gasteiger partial charge in [-0.05, 0) is 32.1 Å². The molecule has 0 aromatic carbocycles. The molecule has 0 spiro atoms. The zero-order valence-corrected chi connectivity index (χ0v) is 11.0. The Bertz CT molecular complexity index is 274. The molecule has 1 unspecified atom stereocenters. The molecule has 3 atom stereocenters. The summed E-state index contributed by atoms with van der Waals surface area (Å²) in [6.45, 7) is 7.09. The van der Waals surface area contributed by atoms with Crippen molar-refractivity contribution >= 4 is 5.91 Å². The standard InChI is InChI=1S/C13H23NO3/c1-9(2)8-11-10(3)14(13(11)15)17-12-6-4-5-7-16-12/h9-12H,4-8H2,1-3H3/t10-,11-,12?/m1/s1. The Labute approximate surface area is 103 Å². The molecule has 0 saturated carbocycles. The third kappa shape index (κ3) is 2.80. The van der Waals surface area contributed by atoms with E-state index in [1.807, 2.05) is 0 Å². The minimum atomic E-state index is -0.213. The molecule has 17 heavy (non-hydrogen) atoms. The molecular formula is C13H23NO3. The molecule has 2 heterocycles. The maximum absolute atomic E-state index is 11.9. The Morgan fingerprint density at radius 1 is 1.47 bits per heavy atom. The van der Waals surface area contributed by atoms with Gasteiger partial charge in [0.15, 0.2) is 6.29 Å². The third-order valence-corrected chi connectivity index (χ3v) is 3.58. The van der Waals surface area contributed by atoms with Gasteiger partial charge in [0.05, 0.1) is 12.0 Å². The molecule has 2 fully saturated rings. The maximum Gasteiger partial charge on any atom is 0.251 e. The predicted octanol–water partition coefficient (Wildman–Crippen LogP) is 2.34. The van der Waals surface area contributed by atoms with Gasteiger partial charge in [-0.15, -0.1) is 0 Å². The number of ether oxygens (including phenoxy) is 1. The van der Waals surface area contributed by atoms with Crippen LogP contribution in [-0.2, 0) is 14.4 Å². The molecular weight excluding hydrogens is 218 g/mol. The average Bonchev–Trinajstić information content (AvgIpc) is 2.34. The predicted molar refractivity (Wildman–Crippen MR) is 63.9 cm³/mol. The first-order valence-corrected chi connectivity index (χ1v) is 6.71. The van der Waals surface area contributed by atoms with Gasteiger partial charge in [0.25, 0.3) is 5.91 Å². The van der Waals surface area contributed by atoms with Crippen molar-refractivity contribution in [1.82, 2.24) is 5.06 Å².